The van der Waals surface area contributed by atoms with Gasteiger partial charge in [-0.3, -0.25) is 10.1 Å². The molecule has 94 valence electrons. The van der Waals surface area contributed by atoms with Crippen molar-refractivity contribution in [2.24, 2.45) is 0 Å². The summed E-state index contributed by atoms with van der Waals surface area (Å²) in [6.07, 6.45) is 0. The van der Waals surface area contributed by atoms with E-state index in [0.29, 0.717) is 0 Å². The predicted molar refractivity (Wildman–Crippen MR) is 62.1 cm³/mol. The highest BCUT2D eigenvalue weighted by molar-refractivity contribution is 7.89. The molecule has 0 aliphatic heterocycles. The molecule has 0 aliphatic rings. The summed E-state index contributed by atoms with van der Waals surface area (Å²) >= 11 is 5.58. The first-order valence-corrected chi connectivity index (χ1v) is 6.24. The quantitative estimate of drug-likeness (QED) is 0.656. The Bertz CT molecular complexity index is 544. The monoisotopic (exact) mass is 279 g/mol. The minimum absolute atomic E-state index is 0.112. The molecule has 0 heterocycles. The van der Waals surface area contributed by atoms with E-state index in [1.807, 2.05) is 0 Å². The van der Waals surface area contributed by atoms with Gasteiger partial charge in [-0.1, -0.05) is 11.6 Å². The van der Waals surface area contributed by atoms with Crippen molar-refractivity contribution in [3.05, 3.63) is 33.3 Å². The van der Waals surface area contributed by atoms with Gasteiger partial charge in [-0.2, -0.15) is 0 Å². The Morgan fingerprint density at radius 1 is 1.41 bits per heavy atom. The first-order valence-electron chi connectivity index (χ1n) is 4.38. The summed E-state index contributed by atoms with van der Waals surface area (Å²) in [6.45, 7) is 0. The fraction of sp³-hybridized carbons (Fsp3) is 0.250. The van der Waals surface area contributed by atoms with Crippen molar-refractivity contribution in [3.63, 3.8) is 0 Å². The van der Waals surface area contributed by atoms with Crippen LogP contribution in [0.1, 0.15) is 0 Å². The topological polar surface area (TPSA) is 92.6 Å². The molecule has 0 aliphatic carbocycles. The summed E-state index contributed by atoms with van der Waals surface area (Å²) in [6, 6.07) is 3.28. The van der Waals surface area contributed by atoms with Crippen LogP contribution < -0.4 is 4.83 Å². The Morgan fingerprint density at radius 3 is 2.47 bits per heavy atom. The lowest BCUT2D eigenvalue weighted by molar-refractivity contribution is -0.384. The molecule has 0 aromatic heterocycles. The molecular formula is C8H10ClN3O4S. The van der Waals surface area contributed by atoms with Crippen LogP contribution in [0.5, 0.6) is 0 Å². The fourth-order valence-corrected chi connectivity index (χ4v) is 2.38. The number of nitrogens with one attached hydrogen (secondary N) is 1. The number of sulfonamides is 1. The lowest BCUT2D eigenvalue weighted by Crippen LogP contribution is -2.36. The number of hydrazine groups is 1. The van der Waals surface area contributed by atoms with E-state index >= 15 is 0 Å². The van der Waals surface area contributed by atoms with Gasteiger partial charge in [-0.25, -0.2) is 13.4 Å². The van der Waals surface area contributed by atoms with Gasteiger partial charge in [0.1, 0.15) is 5.02 Å². The maximum Gasteiger partial charge on any atom is 0.289 e. The van der Waals surface area contributed by atoms with Gasteiger partial charge in [0.25, 0.3) is 15.7 Å². The smallest absolute Gasteiger partial charge is 0.258 e. The second-order valence-electron chi connectivity index (χ2n) is 3.36. The van der Waals surface area contributed by atoms with Crippen LogP contribution in [0.3, 0.4) is 0 Å². The van der Waals surface area contributed by atoms with Gasteiger partial charge in [0, 0.05) is 20.2 Å². The Balaban J connectivity index is 3.25. The maximum absolute atomic E-state index is 11.7. The molecule has 0 bridgehead atoms. The third-order valence-electron chi connectivity index (χ3n) is 1.73. The number of hydrogen-bond acceptors (Lipinski definition) is 5. The second kappa shape index (κ2) is 4.96. The highest BCUT2D eigenvalue weighted by Gasteiger charge is 2.20. The molecule has 1 aromatic rings. The van der Waals surface area contributed by atoms with Crippen LogP contribution in [-0.2, 0) is 10.0 Å². The molecule has 1 N–H and O–H groups in total. The second-order valence-corrected chi connectivity index (χ2v) is 5.43. The van der Waals surface area contributed by atoms with E-state index in [1.54, 1.807) is 0 Å². The summed E-state index contributed by atoms with van der Waals surface area (Å²) in [7, 11) is -0.844. The average molecular weight is 280 g/mol. The van der Waals surface area contributed by atoms with E-state index in [4.69, 9.17) is 11.6 Å². The summed E-state index contributed by atoms with van der Waals surface area (Å²) in [5.74, 6) is 0. The maximum atomic E-state index is 11.7. The number of halogens is 1. The number of rotatable bonds is 4. The standard InChI is InChI=1S/C8H10ClN3O4S/c1-11(2)10-17(15,16)6-3-4-7(9)8(5-6)12(13)14/h3-5,10H,1-2H3. The average Bonchev–Trinajstić information content (AvgIpc) is 2.15. The zero-order valence-corrected chi connectivity index (χ0v) is 10.6. The van der Waals surface area contributed by atoms with E-state index in [-0.39, 0.29) is 9.92 Å². The largest absolute Gasteiger partial charge is 0.289 e. The molecule has 0 saturated heterocycles. The molecule has 1 rings (SSSR count). The van der Waals surface area contributed by atoms with E-state index < -0.39 is 20.6 Å². The predicted octanol–water partition coefficient (Wildman–Crippen LogP) is 1.00. The first-order chi connectivity index (χ1) is 7.74. The van der Waals surface area contributed by atoms with E-state index in [1.165, 1.54) is 31.2 Å². The molecule has 0 spiro atoms. The van der Waals surface area contributed by atoms with Gasteiger partial charge in [0.2, 0.25) is 0 Å². The Morgan fingerprint density at radius 2 is 2.00 bits per heavy atom. The Hall–Kier alpha value is -1.22. The molecule has 0 fully saturated rings. The van der Waals surface area contributed by atoms with Crippen LogP contribution in [0.15, 0.2) is 23.1 Å². The molecule has 0 saturated carbocycles. The molecule has 9 heteroatoms. The van der Waals surface area contributed by atoms with Crippen molar-refractivity contribution in [2.75, 3.05) is 14.1 Å². The third-order valence-corrected chi connectivity index (χ3v) is 3.53. The normalized spacial score (nSPS) is 11.8. The minimum Gasteiger partial charge on any atom is -0.258 e. The van der Waals surface area contributed by atoms with Gasteiger partial charge >= 0.3 is 0 Å². The summed E-state index contributed by atoms with van der Waals surface area (Å²) in [5, 5.41) is 11.7. The van der Waals surface area contributed by atoms with Crippen LogP contribution in [-0.4, -0.2) is 32.4 Å². The Kier molecular flexibility index (Phi) is 4.04. The van der Waals surface area contributed by atoms with Crippen molar-refractivity contribution in [1.29, 1.82) is 0 Å². The minimum atomic E-state index is -3.82. The highest BCUT2D eigenvalue weighted by Crippen LogP contribution is 2.26. The van der Waals surface area contributed by atoms with Crippen molar-refractivity contribution in [1.82, 2.24) is 9.84 Å². The molecule has 0 unspecified atom stereocenters. The SMILES string of the molecule is CN(C)NS(=O)(=O)c1ccc(Cl)c([N+](=O)[O-])c1. The molecule has 0 amide bonds. The molecule has 1 aromatic carbocycles. The first kappa shape index (κ1) is 13.8. The van der Waals surface area contributed by atoms with Crippen LogP contribution in [0.2, 0.25) is 5.02 Å². The summed E-state index contributed by atoms with van der Waals surface area (Å²) in [5.41, 5.74) is -0.451. The lowest BCUT2D eigenvalue weighted by atomic mass is 10.3. The van der Waals surface area contributed by atoms with Gasteiger partial charge in [0.05, 0.1) is 9.82 Å². The third kappa shape index (κ3) is 3.37. The Labute approximate surface area is 103 Å². The van der Waals surface area contributed by atoms with Crippen molar-refractivity contribution < 1.29 is 13.3 Å². The lowest BCUT2D eigenvalue weighted by Gasteiger charge is -2.12. The van der Waals surface area contributed by atoms with Crippen molar-refractivity contribution >= 4 is 27.3 Å². The van der Waals surface area contributed by atoms with Crippen LogP contribution in [0, 0.1) is 10.1 Å². The number of hydrogen-bond donors (Lipinski definition) is 1. The van der Waals surface area contributed by atoms with Gasteiger partial charge in [-0.05, 0) is 12.1 Å². The van der Waals surface area contributed by atoms with E-state index in [0.717, 1.165) is 6.07 Å². The number of nitrogens with zero attached hydrogens (tertiary/aromatic N) is 2. The molecule has 0 radical (unpaired) electrons. The highest BCUT2D eigenvalue weighted by atomic mass is 35.5. The zero-order chi connectivity index (χ0) is 13.2. The molecule has 0 atom stereocenters. The van der Waals surface area contributed by atoms with Gasteiger partial charge in [0.15, 0.2) is 0 Å². The number of nitro benzene ring substituents is 1. The van der Waals surface area contributed by atoms with Crippen molar-refractivity contribution in [3.8, 4) is 0 Å². The van der Waals surface area contributed by atoms with E-state index in [2.05, 4.69) is 4.83 Å². The number of benzene rings is 1. The van der Waals surface area contributed by atoms with E-state index in [9.17, 15) is 18.5 Å². The van der Waals surface area contributed by atoms with Crippen LogP contribution in [0.4, 0.5) is 5.69 Å². The van der Waals surface area contributed by atoms with Gasteiger partial charge in [-0.15, -0.1) is 4.83 Å². The fourth-order valence-electron chi connectivity index (χ4n) is 1.09. The van der Waals surface area contributed by atoms with Crippen LogP contribution >= 0.6 is 11.6 Å². The molecule has 7 nitrogen and oxygen atoms in total. The number of nitro groups is 1. The van der Waals surface area contributed by atoms with Crippen molar-refractivity contribution in [2.45, 2.75) is 4.90 Å². The van der Waals surface area contributed by atoms with Crippen LogP contribution in [0.25, 0.3) is 0 Å². The zero-order valence-electron chi connectivity index (χ0n) is 9.05. The summed E-state index contributed by atoms with van der Waals surface area (Å²) in [4.78, 5) is 11.8. The molecule has 17 heavy (non-hydrogen) atoms. The molecular weight excluding hydrogens is 270 g/mol. The summed E-state index contributed by atoms with van der Waals surface area (Å²) < 4.78 is 23.4. The van der Waals surface area contributed by atoms with Gasteiger partial charge < -0.3 is 0 Å².